The smallest absolute Gasteiger partial charge is 0.249 e. The molecule has 1 saturated heterocycles. The Kier molecular flexibility index (Phi) is 3.50. The Morgan fingerprint density at radius 2 is 1.95 bits per heavy atom. The van der Waals surface area contributed by atoms with Crippen molar-refractivity contribution in [2.24, 2.45) is 0 Å². The molecule has 0 bridgehead atoms. The monoisotopic (exact) mass is 269 g/mol. The second kappa shape index (κ2) is 5.45. The molecule has 0 unspecified atom stereocenters. The summed E-state index contributed by atoms with van der Waals surface area (Å²) in [6, 6.07) is 6.29. The maximum atomic E-state index is 4.56. The molecule has 5 heteroatoms. The number of rotatable bonds is 3. The topological polar surface area (TPSA) is 53.9 Å². The van der Waals surface area contributed by atoms with Crippen molar-refractivity contribution in [3.63, 3.8) is 0 Å². The molecule has 3 rings (SSSR count). The van der Waals surface area contributed by atoms with Crippen LogP contribution in [0.1, 0.15) is 24.0 Å². The van der Waals surface area contributed by atoms with Gasteiger partial charge in [0.05, 0.1) is 6.20 Å². The third kappa shape index (κ3) is 2.71. The molecule has 1 fully saturated rings. The first-order valence-corrected chi connectivity index (χ1v) is 7.01. The average Bonchev–Trinajstić information content (AvgIpc) is 2.97. The van der Waals surface area contributed by atoms with Crippen LogP contribution >= 0.6 is 0 Å². The largest absolute Gasteiger partial charge is 0.355 e. The number of hydrogen-bond donors (Lipinski definition) is 1. The number of hydrogen-bond acceptors (Lipinski definition) is 5. The van der Waals surface area contributed by atoms with Crippen LogP contribution in [-0.2, 0) is 0 Å². The van der Waals surface area contributed by atoms with E-state index in [2.05, 4.69) is 57.4 Å². The lowest BCUT2D eigenvalue weighted by Crippen LogP contribution is -2.20. The van der Waals surface area contributed by atoms with E-state index >= 15 is 0 Å². The summed E-state index contributed by atoms with van der Waals surface area (Å²) in [5.41, 5.74) is 3.41. The molecule has 1 aliphatic heterocycles. The van der Waals surface area contributed by atoms with Gasteiger partial charge in [0.2, 0.25) is 5.95 Å². The summed E-state index contributed by atoms with van der Waals surface area (Å²) >= 11 is 0. The molecule has 1 aliphatic rings. The Labute approximate surface area is 119 Å². The van der Waals surface area contributed by atoms with Crippen molar-refractivity contribution >= 4 is 17.5 Å². The van der Waals surface area contributed by atoms with Gasteiger partial charge in [0.1, 0.15) is 0 Å². The van der Waals surface area contributed by atoms with Crippen LogP contribution in [0.4, 0.5) is 17.5 Å². The third-order valence-electron chi connectivity index (χ3n) is 3.62. The number of nitrogens with one attached hydrogen (secondary N) is 1. The first kappa shape index (κ1) is 12.8. The van der Waals surface area contributed by atoms with Gasteiger partial charge in [-0.2, -0.15) is 10.1 Å². The van der Waals surface area contributed by atoms with Crippen LogP contribution in [0.25, 0.3) is 0 Å². The van der Waals surface area contributed by atoms with E-state index in [1.54, 1.807) is 6.20 Å². The zero-order valence-electron chi connectivity index (χ0n) is 11.9. The molecule has 0 spiro atoms. The minimum atomic E-state index is 0.558. The van der Waals surface area contributed by atoms with Crippen LogP contribution in [0.5, 0.6) is 0 Å². The predicted molar refractivity (Wildman–Crippen MR) is 80.5 cm³/mol. The Balaban J connectivity index is 1.83. The second-order valence-corrected chi connectivity index (χ2v) is 5.28. The van der Waals surface area contributed by atoms with Gasteiger partial charge in [0.15, 0.2) is 5.82 Å². The lowest BCUT2D eigenvalue weighted by Gasteiger charge is -2.16. The van der Waals surface area contributed by atoms with Gasteiger partial charge in [0, 0.05) is 18.8 Å². The molecule has 0 radical (unpaired) electrons. The maximum Gasteiger partial charge on any atom is 0.249 e. The van der Waals surface area contributed by atoms with Gasteiger partial charge in [-0.3, -0.25) is 0 Å². The molecular formula is C15H19N5. The summed E-state index contributed by atoms with van der Waals surface area (Å²) in [5.74, 6) is 1.47. The SMILES string of the molecule is Cc1ccc(C)c(Nc2nncc(N3CCCC3)n2)c1. The Bertz CT molecular complexity index is 605. The molecule has 1 N–H and O–H groups in total. The molecule has 1 aromatic heterocycles. The number of aryl methyl sites for hydroxylation is 2. The normalized spacial score (nSPS) is 14.6. The lowest BCUT2D eigenvalue weighted by molar-refractivity contribution is 0.890. The minimum absolute atomic E-state index is 0.558. The van der Waals surface area contributed by atoms with E-state index in [9.17, 15) is 0 Å². The summed E-state index contributed by atoms with van der Waals surface area (Å²) in [4.78, 5) is 6.81. The highest BCUT2D eigenvalue weighted by molar-refractivity contribution is 5.59. The van der Waals surface area contributed by atoms with E-state index in [1.165, 1.54) is 24.0 Å². The molecular weight excluding hydrogens is 250 g/mol. The molecule has 1 aromatic carbocycles. The fourth-order valence-electron chi connectivity index (χ4n) is 2.44. The van der Waals surface area contributed by atoms with Crippen LogP contribution in [0.15, 0.2) is 24.4 Å². The minimum Gasteiger partial charge on any atom is -0.355 e. The Morgan fingerprint density at radius 3 is 2.75 bits per heavy atom. The van der Waals surface area contributed by atoms with Gasteiger partial charge in [0.25, 0.3) is 0 Å². The van der Waals surface area contributed by atoms with Crippen molar-refractivity contribution < 1.29 is 0 Å². The van der Waals surface area contributed by atoms with Crippen molar-refractivity contribution in [1.29, 1.82) is 0 Å². The van der Waals surface area contributed by atoms with Crippen molar-refractivity contribution in [2.45, 2.75) is 26.7 Å². The fourth-order valence-corrected chi connectivity index (χ4v) is 2.44. The highest BCUT2D eigenvalue weighted by Gasteiger charge is 2.14. The second-order valence-electron chi connectivity index (χ2n) is 5.28. The first-order chi connectivity index (χ1) is 9.72. The van der Waals surface area contributed by atoms with Crippen LogP contribution in [0, 0.1) is 13.8 Å². The highest BCUT2D eigenvalue weighted by atomic mass is 15.3. The van der Waals surface area contributed by atoms with Gasteiger partial charge in [-0.15, -0.1) is 5.10 Å². The molecule has 2 heterocycles. The van der Waals surface area contributed by atoms with Gasteiger partial charge < -0.3 is 10.2 Å². The highest BCUT2D eigenvalue weighted by Crippen LogP contribution is 2.21. The van der Waals surface area contributed by atoms with Crippen molar-refractivity contribution in [2.75, 3.05) is 23.3 Å². The van der Waals surface area contributed by atoms with Crippen LogP contribution in [-0.4, -0.2) is 28.3 Å². The predicted octanol–water partition coefficient (Wildman–Crippen LogP) is 2.83. The fraction of sp³-hybridized carbons (Fsp3) is 0.400. The summed E-state index contributed by atoms with van der Waals surface area (Å²) in [6.07, 6.45) is 4.19. The van der Waals surface area contributed by atoms with Crippen LogP contribution < -0.4 is 10.2 Å². The Morgan fingerprint density at radius 1 is 1.15 bits per heavy atom. The zero-order chi connectivity index (χ0) is 13.9. The summed E-state index contributed by atoms with van der Waals surface area (Å²) < 4.78 is 0. The van der Waals surface area contributed by atoms with E-state index in [0.717, 1.165) is 24.6 Å². The maximum absolute atomic E-state index is 4.56. The molecule has 0 amide bonds. The standard InChI is InChI=1S/C15H19N5/c1-11-5-6-12(2)13(9-11)17-15-18-14(10-16-19-15)20-7-3-4-8-20/h5-6,9-10H,3-4,7-8H2,1-2H3,(H,17,18,19). The van der Waals surface area contributed by atoms with Crippen LogP contribution in [0.3, 0.4) is 0 Å². The molecule has 104 valence electrons. The quantitative estimate of drug-likeness (QED) is 0.928. The average molecular weight is 269 g/mol. The molecule has 0 atom stereocenters. The molecule has 0 aliphatic carbocycles. The third-order valence-corrected chi connectivity index (χ3v) is 3.62. The van der Waals surface area contributed by atoms with Gasteiger partial charge in [-0.05, 0) is 43.9 Å². The summed E-state index contributed by atoms with van der Waals surface area (Å²) in [6.45, 7) is 6.26. The summed E-state index contributed by atoms with van der Waals surface area (Å²) in [5, 5.41) is 11.4. The number of nitrogens with zero attached hydrogens (tertiary/aromatic N) is 4. The summed E-state index contributed by atoms with van der Waals surface area (Å²) in [7, 11) is 0. The van der Waals surface area contributed by atoms with Crippen LogP contribution in [0.2, 0.25) is 0 Å². The first-order valence-electron chi connectivity index (χ1n) is 7.01. The lowest BCUT2D eigenvalue weighted by atomic mass is 10.1. The van der Waals surface area contributed by atoms with Gasteiger partial charge >= 0.3 is 0 Å². The Hall–Kier alpha value is -2.17. The number of benzene rings is 1. The van der Waals surface area contributed by atoms with Gasteiger partial charge in [-0.25, -0.2) is 0 Å². The van der Waals surface area contributed by atoms with E-state index < -0.39 is 0 Å². The van der Waals surface area contributed by atoms with Crippen molar-refractivity contribution in [3.8, 4) is 0 Å². The number of anilines is 3. The number of aromatic nitrogens is 3. The van der Waals surface area contributed by atoms with E-state index in [1.807, 2.05) is 0 Å². The van der Waals surface area contributed by atoms with Crippen molar-refractivity contribution in [1.82, 2.24) is 15.2 Å². The van der Waals surface area contributed by atoms with E-state index in [4.69, 9.17) is 0 Å². The molecule has 0 saturated carbocycles. The van der Waals surface area contributed by atoms with Crippen molar-refractivity contribution in [3.05, 3.63) is 35.5 Å². The van der Waals surface area contributed by atoms with E-state index in [-0.39, 0.29) is 0 Å². The molecule has 20 heavy (non-hydrogen) atoms. The van der Waals surface area contributed by atoms with E-state index in [0.29, 0.717) is 5.95 Å². The molecule has 5 nitrogen and oxygen atoms in total. The molecule has 2 aromatic rings. The van der Waals surface area contributed by atoms with Gasteiger partial charge in [-0.1, -0.05) is 12.1 Å². The zero-order valence-corrected chi connectivity index (χ0v) is 11.9.